The van der Waals surface area contributed by atoms with Crippen molar-refractivity contribution in [3.05, 3.63) is 21.9 Å². The van der Waals surface area contributed by atoms with Crippen LogP contribution in [0.4, 0.5) is 5.69 Å². The second kappa shape index (κ2) is 6.02. The normalized spacial score (nSPS) is 13.2. The minimum Gasteiger partial charge on any atom is -0.323 e. The lowest BCUT2D eigenvalue weighted by Crippen LogP contribution is -2.24. The third-order valence-electron chi connectivity index (χ3n) is 3.05. The standard InChI is InChI=1S/C13H18BrClN2O/c1-8(13(2,3)4)5-11(18)17-10-6-9(14)7-16-12(10)15/h6-8H,5H2,1-4H3,(H,17,18). The zero-order valence-electron chi connectivity index (χ0n) is 11.1. The Labute approximate surface area is 121 Å². The second-order valence-corrected chi connectivity index (χ2v) is 6.78. The molecule has 0 fully saturated rings. The van der Waals surface area contributed by atoms with Gasteiger partial charge in [-0.05, 0) is 33.3 Å². The predicted molar refractivity (Wildman–Crippen MR) is 78.8 cm³/mol. The molecule has 3 nitrogen and oxygen atoms in total. The molecular weight excluding hydrogens is 316 g/mol. The maximum Gasteiger partial charge on any atom is 0.224 e. The number of carbonyl (C=O) groups is 1. The van der Waals surface area contributed by atoms with Gasteiger partial charge in [0, 0.05) is 17.1 Å². The predicted octanol–water partition coefficient (Wildman–Crippen LogP) is 4.51. The summed E-state index contributed by atoms with van der Waals surface area (Å²) in [6.45, 7) is 8.44. The minimum absolute atomic E-state index is 0.0424. The molecule has 1 aromatic rings. The van der Waals surface area contributed by atoms with Crippen LogP contribution in [0.1, 0.15) is 34.1 Å². The summed E-state index contributed by atoms with van der Waals surface area (Å²) in [6.07, 6.45) is 2.06. The van der Waals surface area contributed by atoms with E-state index in [9.17, 15) is 4.79 Å². The Kier molecular flexibility index (Phi) is 5.17. The highest BCUT2D eigenvalue weighted by Gasteiger charge is 2.22. The highest BCUT2D eigenvalue weighted by Crippen LogP contribution is 2.29. The number of nitrogens with zero attached hydrogens (tertiary/aromatic N) is 1. The highest BCUT2D eigenvalue weighted by atomic mass is 79.9. The van der Waals surface area contributed by atoms with Gasteiger partial charge in [-0.2, -0.15) is 0 Å². The molecule has 0 aliphatic heterocycles. The molecule has 0 saturated carbocycles. The van der Waals surface area contributed by atoms with Crippen LogP contribution in [0.5, 0.6) is 0 Å². The molecule has 0 spiro atoms. The van der Waals surface area contributed by atoms with Crippen LogP contribution < -0.4 is 5.32 Å². The molecular formula is C13H18BrClN2O. The lowest BCUT2D eigenvalue weighted by molar-refractivity contribution is -0.117. The van der Waals surface area contributed by atoms with E-state index in [1.165, 1.54) is 0 Å². The van der Waals surface area contributed by atoms with E-state index in [1.807, 2.05) is 0 Å². The average molecular weight is 334 g/mol. The Balaban J connectivity index is 2.68. The fraction of sp³-hybridized carbons (Fsp3) is 0.538. The van der Waals surface area contributed by atoms with Gasteiger partial charge in [-0.1, -0.05) is 39.3 Å². The number of carbonyl (C=O) groups excluding carboxylic acids is 1. The number of nitrogens with one attached hydrogen (secondary N) is 1. The van der Waals surface area contributed by atoms with E-state index >= 15 is 0 Å². The summed E-state index contributed by atoms with van der Waals surface area (Å²) in [6, 6.07) is 1.75. The first-order valence-corrected chi connectivity index (χ1v) is 6.98. The Bertz CT molecular complexity index is 443. The molecule has 1 heterocycles. The summed E-state index contributed by atoms with van der Waals surface area (Å²) in [4.78, 5) is 15.9. The van der Waals surface area contributed by atoms with E-state index in [1.54, 1.807) is 12.3 Å². The Morgan fingerprint density at radius 1 is 1.56 bits per heavy atom. The van der Waals surface area contributed by atoms with Gasteiger partial charge in [-0.15, -0.1) is 0 Å². The quantitative estimate of drug-likeness (QED) is 0.827. The lowest BCUT2D eigenvalue weighted by Gasteiger charge is -2.26. The average Bonchev–Trinajstić information content (AvgIpc) is 2.22. The van der Waals surface area contributed by atoms with Gasteiger partial charge in [-0.3, -0.25) is 4.79 Å². The maximum atomic E-state index is 11.9. The summed E-state index contributed by atoms with van der Waals surface area (Å²) in [7, 11) is 0. The van der Waals surface area contributed by atoms with Gasteiger partial charge in [0.2, 0.25) is 5.91 Å². The lowest BCUT2D eigenvalue weighted by atomic mass is 9.80. The first kappa shape index (κ1) is 15.4. The van der Waals surface area contributed by atoms with Gasteiger partial charge in [-0.25, -0.2) is 4.98 Å². The highest BCUT2D eigenvalue weighted by molar-refractivity contribution is 9.10. The number of hydrogen-bond acceptors (Lipinski definition) is 2. The van der Waals surface area contributed by atoms with E-state index in [0.29, 0.717) is 17.3 Å². The van der Waals surface area contributed by atoms with Crippen LogP contribution in [0, 0.1) is 11.3 Å². The fourth-order valence-corrected chi connectivity index (χ4v) is 1.78. The summed E-state index contributed by atoms with van der Waals surface area (Å²) < 4.78 is 0.783. The molecule has 1 amide bonds. The molecule has 0 aromatic carbocycles. The summed E-state index contributed by atoms with van der Waals surface area (Å²) in [5, 5.41) is 3.09. The van der Waals surface area contributed by atoms with Crippen molar-refractivity contribution in [2.75, 3.05) is 5.32 Å². The first-order valence-electron chi connectivity index (χ1n) is 5.81. The van der Waals surface area contributed by atoms with Gasteiger partial charge in [0.25, 0.3) is 0 Å². The first-order chi connectivity index (χ1) is 8.20. The molecule has 1 aromatic heterocycles. The van der Waals surface area contributed by atoms with Crippen molar-refractivity contribution >= 4 is 39.1 Å². The molecule has 1 N–H and O–H groups in total. The summed E-state index contributed by atoms with van der Waals surface area (Å²) in [5.74, 6) is 0.246. The fourth-order valence-electron chi connectivity index (χ4n) is 1.30. The van der Waals surface area contributed by atoms with Crippen molar-refractivity contribution in [2.45, 2.75) is 34.1 Å². The van der Waals surface area contributed by atoms with Crippen LogP contribution in [-0.4, -0.2) is 10.9 Å². The van der Waals surface area contributed by atoms with E-state index in [-0.39, 0.29) is 17.2 Å². The summed E-state index contributed by atoms with van der Waals surface area (Å²) >= 11 is 9.22. The van der Waals surface area contributed by atoms with Crippen LogP contribution in [-0.2, 0) is 4.79 Å². The largest absolute Gasteiger partial charge is 0.323 e. The molecule has 0 aliphatic carbocycles. The molecule has 18 heavy (non-hydrogen) atoms. The van der Waals surface area contributed by atoms with Crippen LogP contribution in [0.2, 0.25) is 5.15 Å². The SMILES string of the molecule is CC(CC(=O)Nc1cc(Br)cnc1Cl)C(C)(C)C. The zero-order chi connectivity index (χ0) is 13.9. The van der Waals surface area contributed by atoms with Crippen molar-refractivity contribution in [2.24, 2.45) is 11.3 Å². The van der Waals surface area contributed by atoms with E-state index in [2.05, 4.69) is 53.9 Å². The van der Waals surface area contributed by atoms with Crippen molar-refractivity contribution in [1.82, 2.24) is 4.98 Å². The van der Waals surface area contributed by atoms with Crippen molar-refractivity contribution in [1.29, 1.82) is 0 Å². The third kappa shape index (κ3) is 4.58. The van der Waals surface area contributed by atoms with Crippen LogP contribution in [0.3, 0.4) is 0 Å². The van der Waals surface area contributed by atoms with Crippen molar-refractivity contribution < 1.29 is 4.79 Å². The molecule has 0 saturated heterocycles. The van der Waals surface area contributed by atoms with E-state index in [4.69, 9.17) is 11.6 Å². The number of rotatable bonds is 3. The smallest absolute Gasteiger partial charge is 0.224 e. The van der Waals surface area contributed by atoms with Gasteiger partial charge in [0.1, 0.15) is 0 Å². The zero-order valence-corrected chi connectivity index (χ0v) is 13.4. The van der Waals surface area contributed by atoms with Gasteiger partial charge in [0.15, 0.2) is 5.15 Å². The molecule has 1 unspecified atom stereocenters. The molecule has 0 radical (unpaired) electrons. The molecule has 1 rings (SSSR count). The minimum atomic E-state index is -0.0424. The van der Waals surface area contributed by atoms with Crippen LogP contribution >= 0.6 is 27.5 Å². The Hall–Kier alpha value is -0.610. The van der Waals surface area contributed by atoms with Gasteiger partial charge >= 0.3 is 0 Å². The topological polar surface area (TPSA) is 42.0 Å². The number of anilines is 1. The Morgan fingerprint density at radius 3 is 2.72 bits per heavy atom. The Morgan fingerprint density at radius 2 is 2.17 bits per heavy atom. The molecule has 100 valence electrons. The van der Waals surface area contributed by atoms with E-state index < -0.39 is 0 Å². The monoisotopic (exact) mass is 332 g/mol. The third-order valence-corrected chi connectivity index (χ3v) is 3.78. The molecule has 5 heteroatoms. The van der Waals surface area contributed by atoms with Gasteiger partial charge < -0.3 is 5.32 Å². The summed E-state index contributed by atoms with van der Waals surface area (Å²) in [5.41, 5.74) is 0.647. The number of amides is 1. The number of halogens is 2. The van der Waals surface area contributed by atoms with Gasteiger partial charge in [0.05, 0.1) is 5.69 Å². The van der Waals surface area contributed by atoms with Crippen molar-refractivity contribution in [3.8, 4) is 0 Å². The number of aromatic nitrogens is 1. The molecule has 1 atom stereocenters. The van der Waals surface area contributed by atoms with Crippen LogP contribution in [0.25, 0.3) is 0 Å². The number of pyridine rings is 1. The number of hydrogen-bond donors (Lipinski definition) is 1. The van der Waals surface area contributed by atoms with E-state index in [0.717, 1.165) is 4.47 Å². The van der Waals surface area contributed by atoms with Crippen molar-refractivity contribution in [3.63, 3.8) is 0 Å². The molecule has 0 aliphatic rings. The molecule has 0 bridgehead atoms. The van der Waals surface area contributed by atoms with Crippen LogP contribution in [0.15, 0.2) is 16.7 Å². The second-order valence-electron chi connectivity index (χ2n) is 5.51. The maximum absolute atomic E-state index is 11.9.